The van der Waals surface area contributed by atoms with E-state index in [0.29, 0.717) is 17.4 Å². The number of fused-ring (bicyclic) bond motifs is 2. The van der Waals surface area contributed by atoms with E-state index in [0.717, 1.165) is 58.9 Å². The molecule has 32 heavy (non-hydrogen) atoms. The highest BCUT2D eigenvalue weighted by molar-refractivity contribution is 9.10. The molecule has 7 nitrogen and oxygen atoms in total. The summed E-state index contributed by atoms with van der Waals surface area (Å²) in [5, 5.41) is 0.701. The number of carbonyl (C=O) groups excluding carboxylic acids is 1. The Morgan fingerprint density at radius 2 is 2.00 bits per heavy atom. The first-order valence-electron chi connectivity index (χ1n) is 10.4. The second-order valence-corrected chi connectivity index (χ2v) is 9.42. The molecule has 3 heterocycles. The first-order valence-corrected chi connectivity index (χ1v) is 12.0. The second kappa shape index (κ2) is 9.58. The highest BCUT2D eigenvalue weighted by Gasteiger charge is 2.20. The Balaban J connectivity index is 1.37. The van der Waals surface area contributed by atoms with Gasteiger partial charge in [0.25, 0.3) is 5.91 Å². The molecule has 0 spiro atoms. The number of ether oxygens (including phenoxy) is 3. The summed E-state index contributed by atoms with van der Waals surface area (Å²) in [6, 6.07) is 11.6. The minimum atomic E-state index is -0.103. The molecule has 1 aromatic heterocycles. The number of anilines is 1. The van der Waals surface area contributed by atoms with E-state index in [2.05, 4.69) is 20.8 Å². The summed E-state index contributed by atoms with van der Waals surface area (Å²) >= 11 is 5.03. The van der Waals surface area contributed by atoms with E-state index >= 15 is 0 Å². The predicted molar refractivity (Wildman–Crippen MR) is 129 cm³/mol. The molecule has 2 aliphatic rings. The van der Waals surface area contributed by atoms with E-state index in [9.17, 15) is 4.79 Å². The van der Waals surface area contributed by atoms with Crippen LogP contribution >= 0.6 is 27.3 Å². The summed E-state index contributed by atoms with van der Waals surface area (Å²) in [5.74, 6) is 1.32. The van der Waals surface area contributed by atoms with Crippen LogP contribution in [0.15, 0.2) is 46.9 Å². The number of thiazole rings is 1. The zero-order valence-corrected chi connectivity index (χ0v) is 19.7. The van der Waals surface area contributed by atoms with Crippen molar-refractivity contribution in [1.29, 1.82) is 0 Å². The van der Waals surface area contributed by atoms with E-state index in [1.165, 1.54) is 11.3 Å². The number of nitrogens with zero attached hydrogens (tertiary/aromatic N) is 3. The van der Waals surface area contributed by atoms with E-state index < -0.39 is 0 Å². The average molecular weight is 516 g/mol. The van der Waals surface area contributed by atoms with Gasteiger partial charge in [0.1, 0.15) is 0 Å². The summed E-state index contributed by atoms with van der Waals surface area (Å²) in [7, 11) is 0. The van der Waals surface area contributed by atoms with Crippen LogP contribution in [0.3, 0.4) is 0 Å². The van der Waals surface area contributed by atoms with Gasteiger partial charge in [0.2, 0.25) is 6.79 Å². The molecule has 0 N–H and O–H groups in total. The number of benzene rings is 2. The van der Waals surface area contributed by atoms with Gasteiger partial charge in [-0.3, -0.25) is 14.6 Å². The molecule has 3 aromatic rings. The van der Waals surface area contributed by atoms with Crippen molar-refractivity contribution in [3.63, 3.8) is 0 Å². The van der Waals surface area contributed by atoms with Crippen LogP contribution in [0.1, 0.15) is 5.56 Å². The van der Waals surface area contributed by atoms with Crippen molar-refractivity contribution in [3.05, 3.63) is 52.5 Å². The van der Waals surface area contributed by atoms with Gasteiger partial charge >= 0.3 is 0 Å². The van der Waals surface area contributed by atoms with Crippen molar-refractivity contribution < 1.29 is 19.0 Å². The average Bonchev–Trinajstić information content (AvgIpc) is 3.44. The van der Waals surface area contributed by atoms with Gasteiger partial charge in [-0.1, -0.05) is 33.3 Å². The van der Waals surface area contributed by atoms with Gasteiger partial charge in [0, 0.05) is 36.7 Å². The van der Waals surface area contributed by atoms with Crippen LogP contribution in [0, 0.1) is 0 Å². The number of rotatable bonds is 6. The quantitative estimate of drug-likeness (QED) is 0.459. The molecule has 166 valence electrons. The molecule has 5 rings (SSSR count). The standard InChI is InChI=1S/C23H22BrN3O4S/c24-17-3-4-18-21(14-17)32-23(25-18)27(8-7-26-9-11-29-12-10-26)22(28)6-2-16-1-5-19-20(13-16)31-15-30-19/h1-6,13-14H,7-12,15H2/b6-2+. The van der Waals surface area contributed by atoms with Crippen LogP contribution < -0.4 is 14.4 Å². The monoisotopic (exact) mass is 515 g/mol. The Kier molecular flexibility index (Phi) is 6.40. The Bertz CT molecular complexity index is 1160. The van der Waals surface area contributed by atoms with Crippen molar-refractivity contribution >= 4 is 54.6 Å². The molecule has 0 atom stereocenters. The Hall–Kier alpha value is -2.46. The van der Waals surface area contributed by atoms with Gasteiger partial charge in [0.15, 0.2) is 16.6 Å². The molecule has 0 unspecified atom stereocenters. The lowest BCUT2D eigenvalue weighted by Gasteiger charge is -2.28. The number of hydrogen-bond acceptors (Lipinski definition) is 7. The summed E-state index contributed by atoms with van der Waals surface area (Å²) < 4.78 is 18.3. The predicted octanol–water partition coefficient (Wildman–Crippen LogP) is 4.17. The van der Waals surface area contributed by atoms with Crippen molar-refractivity contribution in [2.24, 2.45) is 0 Å². The van der Waals surface area contributed by atoms with Crippen molar-refractivity contribution in [1.82, 2.24) is 9.88 Å². The molecule has 0 aliphatic carbocycles. The highest BCUT2D eigenvalue weighted by atomic mass is 79.9. The minimum Gasteiger partial charge on any atom is -0.454 e. The Morgan fingerprint density at radius 1 is 1.16 bits per heavy atom. The van der Waals surface area contributed by atoms with Crippen LogP contribution in [0.2, 0.25) is 0 Å². The summed E-state index contributed by atoms with van der Waals surface area (Å²) in [4.78, 5) is 22.1. The summed E-state index contributed by atoms with van der Waals surface area (Å²) in [5.41, 5.74) is 1.76. The summed E-state index contributed by atoms with van der Waals surface area (Å²) in [6.07, 6.45) is 3.40. The lowest BCUT2D eigenvalue weighted by molar-refractivity contribution is -0.114. The number of carbonyl (C=O) groups is 1. The molecule has 0 bridgehead atoms. The molecule has 2 aliphatic heterocycles. The molecule has 1 saturated heterocycles. The van der Waals surface area contributed by atoms with Gasteiger partial charge in [-0.25, -0.2) is 4.98 Å². The fraction of sp³-hybridized carbons (Fsp3) is 0.304. The highest BCUT2D eigenvalue weighted by Crippen LogP contribution is 2.33. The number of morpholine rings is 1. The summed E-state index contributed by atoms with van der Waals surface area (Å²) in [6.45, 7) is 4.77. The third-order valence-electron chi connectivity index (χ3n) is 5.39. The molecular weight excluding hydrogens is 494 g/mol. The molecule has 1 fully saturated rings. The molecular formula is C23H22BrN3O4S. The first-order chi connectivity index (χ1) is 15.7. The Labute approximate surface area is 198 Å². The number of amides is 1. The fourth-order valence-corrected chi connectivity index (χ4v) is 5.19. The molecule has 2 aromatic carbocycles. The van der Waals surface area contributed by atoms with Gasteiger partial charge in [-0.2, -0.15) is 0 Å². The van der Waals surface area contributed by atoms with Crippen molar-refractivity contribution in [2.75, 3.05) is 51.1 Å². The van der Waals surface area contributed by atoms with E-state index in [4.69, 9.17) is 19.2 Å². The second-order valence-electron chi connectivity index (χ2n) is 7.50. The van der Waals surface area contributed by atoms with E-state index in [-0.39, 0.29) is 12.7 Å². The van der Waals surface area contributed by atoms with Gasteiger partial charge in [-0.15, -0.1) is 0 Å². The minimum absolute atomic E-state index is 0.103. The largest absolute Gasteiger partial charge is 0.454 e. The maximum atomic E-state index is 13.3. The molecule has 1 amide bonds. The zero-order valence-electron chi connectivity index (χ0n) is 17.3. The zero-order chi connectivity index (χ0) is 21.9. The molecule has 0 radical (unpaired) electrons. The number of hydrogen-bond donors (Lipinski definition) is 0. The van der Waals surface area contributed by atoms with Crippen LogP contribution in [-0.4, -0.2) is 62.0 Å². The Morgan fingerprint density at radius 3 is 2.88 bits per heavy atom. The van der Waals surface area contributed by atoms with Crippen LogP contribution in [0.5, 0.6) is 11.5 Å². The first kappa shape index (κ1) is 21.4. The third kappa shape index (κ3) is 4.80. The number of aromatic nitrogens is 1. The maximum Gasteiger partial charge on any atom is 0.252 e. The smallest absolute Gasteiger partial charge is 0.252 e. The van der Waals surface area contributed by atoms with Gasteiger partial charge < -0.3 is 14.2 Å². The number of halogens is 1. The van der Waals surface area contributed by atoms with E-state index in [1.807, 2.05) is 36.4 Å². The van der Waals surface area contributed by atoms with Gasteiger partial charge in [-0.05, 0) is 42.0 Å². The van der Waals surface area contributed by atoms with Crippen LogP contribution in [0.25, 0.3) is 16.3 Å². The van der Waals surface area contributed by atoms with Gasteiger partial charge in [0.05, 0.1) is 23.4 Å². The van der Waals surface area contributed by atoms with E-state index in [1.54, 1.807) is 17.1 Å². The third-order valence-corrected chi connectivity index (χ3v) is 6.93. The van der Waals surface area contributed by atoms with Crippen LogP contribution in [-0.2, 0) is 9.53 Å². The van der Waals surface area contributed by atoms with Crippen molar-refractivity contribution in [2.45, 2.75) is 0 Å². The van der Waals surface area contributed by atoms with Crippen molar-refractivity contribution in [3.8, 4) is 11.5 Å². The SMILES string of the molecule is O=C(/C=C/c1ccc2c(c1)OCO2)N(CCN1CCOCC1)c1nc2ccc(Br)cc2s1. The lowest BCUT2D eigenvalue weighted by atomic mass is 10.2. The van der Waals surface area contributed by atoms with Crippen LogP contribution in [0.4, 0.5) is 5.13 Å². The molecule has 9 heteroatoms. The fourth-order valence-electron chi connectivity index (χ4n) is 3.64. The normalized spacial score (nSPS) is 16.2. The topological polar surface area (TPSA) is 64.1 Å². The molecule has 0 saturated carbocycles. The lowest BCUT2D eigenvalue weighted by Crippen LogP contribution is -2.42. The maximum absolute atomic E-state index is 13.3.